The zero-order valence-corrected chi connectivity index (χ0v) is 20.7. The second kappa shape index (κ2) is 9.25. The van der Waals surface area contributed by atoms with Crippen LogP contribution in [0, 0.1) is 6.92 Å². The van der Waals surface area contributed by atoms with Gasteiger partial charge in [0.2, 0.25) is 0 Å². The van der Waals surface area contributed by atoms with Crippen molar-refractivity contribution in [2.75, 3.05) is 16.2 Å². The molecule has 4 aromatic rings. The molecule has 2 N–H and O–H groups in total. The van der Waals surface area contributed by atoms with Gasteiger partial charge in [-0.3, -0.25) is 13.9 Å². The number of sulfonamides is 1. The first kappa shape index (κ1) is 23.8. The topological polar surface area (TPSA) is 112 Å². The highest BCUT2D eigenvalue weighted by Crippen LogP contribution is 2.34. The third-order valence-electron chi connectivity index (χ3n) is 5.86. The Balaban J connectivity index is 1.37. The Morgan fingerprint density at radius 2 is 1.83 bits per heavy atom. The highest BCUT2D eigenvalue weighted by atomic mass is 35.5. The fourth-order valence-electron chi connectivity index (χ4n) is 4.16. The van der Waals surface area contributed by atoms with Crippen LogP contribution in [0.2, 0.25) is 5.02 Å². The Bertz CT molecular complexity index is 1650. The minimum Gasteiger partial charge on any atom is -0.322 e. The molecule has 1 aliphatic rings. The lowest BCUT2D eigenvalue weighted by Gasteiger charge is -2.19. The van der Waals surface area contributed by atoms with Crippen LogP contribution in [-0.4, -0.2) is 30.8 Å². The van der Waals surface area contributed by atoms with Gasteiger partial charge in [-0.15, -0.1) is 0 Å². The Morgan fingerprint density at radius 3 is 2.58 bits per heavy atom. The zero-order valence-electron chi connectivity index (χ0n) is 19.2. The van der Waals surface area contributed by atoms with Crippen molar-refractivity contribution < 1.29 is 13.2 Å². The summed E-state index contributed by atoms with van der Waals surface area (Å²) in [6.07, 6.45) is 0.491. The number of H-pyrrole nitrogens is 1. The van der Waals surface area contributed by atoms with Crippen LogP contribution in [0.5, 0.6) is 0 Å². The fraction of sp³-hybridized carbons (Fsp3) is 0.115. The third-order valence-corrected chi connectivity index (χ3v) is 7.94. The van der Waals surface area contributed by atoms with Crippen LogP contribution in [0.4, 0.5) is 11.4 Å². The normalized spacial score (nSPS) is 12.9. The number of aryl methyl sites for hydroxylation is 1. The maximum Gasteiger partial charge on any atom is 0.264 e. The van der Waals surface area contributed by atoms with E-state index in [1.165, 1.54) is 22.5 Å². The Labute approximate surface area is 212 Å². The molecule has 182 valence electrons. The van der Waals surface area contributed by atoms with Gasteiger partial charge in [-0.2, -0.15) is 0 Å². The summed E-state index contributed by atoms with van der Waals surface area (Å²) in [5, 5.41) is 3.32. The van der Waals surface area contributed by atoms with Crippen molar-refractivity contribution in [1.82, 2.24) is 9.97 Å². The molecule has 0 bridgehead atoms. The van der Waals surface area contributed by atoms with Crippen LogP contribution >= 0.6 is 11.6 Å². The molecule has 0 saturated carbocycles. The highest BCUT2D eigenvalue weighted by molar-refractivity contribution is 7.92. The molecule has 0 aliphatic carbocycles. The summed E-state index contributed by atoms with van der Waals surface area (Å²) in [7, 11) is -3.74. The number of nitrogens with one attached hydrogen (secondary N) is 2. The summed E-state index contributed by atoms with van der Waals surface area (Å²) >= 11 is 5.90. The van der Waals surface area contributed by atoms with Crippen molar-refractivity contribution in [1.29, 1.82) is 0 Å². The van der Waals surface area contributed by atoms with Crippen LogP contribution < -0.4 is 15.2 Å². The van der Waals surface area contributed by atoms with Gasteiger partial charge in [-0.1, -0.05) is 23.7 Å². The van der Waals surface area contributed by atoms with Crippen molar-refractivity contribution in [3.8, 4) is 11.4 Å². The van der Waals surface area contributed by atoms with E-state index in [0.29, 0.717) is 45.5 Å². The number of carbonyl (C=O) groups excluding carboxylic acids is 1. The quantitative estimate of drug-likeness (QED) is 0.405. The standard InChI is InChI=1S/C26H21ClN4O4S/c1-16-13-24(32)30-25(28-16)18-3-2-4-21(15-18)29-26(33)19-5-10-23-17(14-19)11-12-31(23)36(34,35)22-8-6-20(27)7-9-22/h2-10,13-15H,11-12H2,1H3,(H,29,33)(H,28,30,32). The molecule has 0 spiro atoms. The average molecular weight is 521 g/mol. The molecule has 1 aromatic heterocycles. The second-order valence-electron chi connectivity index (χ2n) is 8.39. The van der Waals surface area contributed by atoms with Crippen LogP contribution in [-0.2, 0) is 16.4 Å². The van der Waals surface area contributed by atoms with E-state index in [1.807, 2.05) is 0 Å². The van der Waals surface area contributed by atoms with Crippen LogP contribution in [0.15, 0.2) is 82.5 Å². The molecule has 5 rings (SSSR count). The van der Waals surface area contributed by atoms with Gasteiger partial charge in [0.15, 0.2) is 0 Å². The van der Waals surface area contributed by atoms with Crippen molar-refractivity contribution in [2.24, 2.45) is 0 Å². The van der Waals surface area contributed by atoms with E-state index < -0.39 is 10.0 Å². The number of hydrogen-bond donors (Lipinski definition) is 2. The molecule has 0 saturated heterocycles. The molecule has 8 nitrogen and oxygen atoms in total. The number of anilines is 2. The Morgan fingerprint density at radius 1 is 1.06 bits per heavy atom. The number of rotatable bonds is 5. The van der Waals surface area contributed by atoms with Gasteiger partial charge in [0, 0.05) is 40.1 Å². The average Bonchev–Trinajstić information content (AvgIpc) is 3.28. The van der Waals surface area contributed by atoms with Gasteiger partial charge >= 0.3 is 0 Å². The van der Waals surface area contributed by atoms with Gasteiger partial charge in [0.25, 0.3) is 21.5 Å². The first-order valence-electron chi connectivity index (χ1n) is 11.1. The maximum atomic E-state index is 13.1. The number of hydrogen-bond acceptors (Lipinski definition) is 5. The summed E-state index contributed by atoms with van der Waals surface area (Å²) in [6.45, 7) is 2.02. The predicted octanol–water partition coefficient (Wildman–Crippen LogP) is 4.40. The third kappa shape index (κ3) is 4.62. The number of halogens is 1. The fourth-order valence-corrected chi connectivity index (χ4v) is 5.79. The molecule has 10 heteroatoms. The molecular formula is C26H21ClN4O4S. The summed E-state index contributed by atoms with van der Waals surface area (Å²) in [5.41, 5.74) is 3.27. The lowest BCUT2D eigenvalue weighted by molar-refractivity contribution is 0.102. The summed E-state index contributed by atoms with van der Waals surface area (Å²) in [4.78, 5) is 32.0. The van der Waals surface area contributed by atoms with Crippen LogP contribution in [0.25, 0.3) is 11.4 Å². The van der Waals surface area contributed by atoms with Gasteiger partial charge in [-0.25, -0.2) is 13.4 Å². The molecule has 2 heterocycles. The number of carbonyl (C=O) groups is 1. The number of fused-ring (bicyclic) bond motifs is 1. The maximum absolute atomic E-state index is 13.1. The predicted molar refractivity (Wildman–Crippen MR) is 139 cm³/mol. The number of nitrogens with zero attached hydrogens (tertiary/aromatic N) is 2. The number of aromatic nitrogens is 2. The molecule has 0 fully saturated rings. The monoisotopic (exact) mass is 520 g/mol. The lowest BCUT2D eigenvalue weighted by Crippen LogP contribution is -2.29. The molecule has 1 amide bonds. The zero-order chi connectivity index (χ0) is 25.4. The van der Waals surface area contributed by atoms with Gasteiger partial charge in [0.05, 0.1) is 10.6 Å². The van der Waals surface area contributed by atoms with E-state index in [4.69, 9.17) is 11.6 Å². The molecule has 0 atom stereocenters. The van der Waals surface area contributed by atoms with E-state index in [2.05, 4.69) is 15.3 Å². The van der Waals surface area contributed by atoms with Crippen molar-refractivity contribution in [3.05, 3.63) is 105 Å². The van der Waals surface area contributed by atoms with Crippen LogP contribution in [0.3, 0.4) is 0 Å². The van der Waals surface area contributed by atoms with Crippen molar-refractivity contribution in [3.63, 3.8) is 0 Å². The van der Waals surface area contributed by atoms with Gasteiger partial charge in [0.1, 0.15) is 5.82 Å². The summed E-state index contributed by atoms with van der Waals surface area (Å²) in [6, 6.07) is 19.4. The largest absolute Gasteiger partial charge is 0.322 e. The molecular weight excluding hydrogens is 500 g/mol. The molecule has 36 heavy (non-hydrogen) atoms. The first-order chi connectivity index (χ1) is 17.2. The lowest BCUT2D eigenvalue weighted by atomic mass is 10.1. The molecule has 0 unspecified atom stereocenters. The number of amides is 1. The number of benzene rings is 3. The Kier molecular flexibility index (Phi) is 6.11. The summed E-state index contributed by atoms with van der Waals surface area (Å²) in [5.74, 6) is 0.0790. The smallest absolute Gasteiger partial charge is 0.264 e. The van der Waals surface area contributed by atoms with Crippen molar-refractivity contribution >= 4 is 38.9 Å². The SMILES string of the molecule is Cc1cc(=O)[nH]c(-c2cccc(NC(=O)c3ccc4c(c3)CCN4S(=O)(=O)c3ccc(Cl)cc3)c2)n1. The molecule has 0 radical (unpaired) electrons. The highest BCUT2D eigenvalue weighted by Gasteiger charge is 2.31. The molecule has 1 aliphatic heterocycles. The van der Waals surface area contributed by atoms with E-state index in [-0.39, 0.29) is 22.9 Å². The van der Waals surface area contributed by atoms with E-state index in [0.717, 1.165) is 5.56 Å². The first-order valence-corrected chi connectivity index (χ1v) is 12.9. The number of aromatic amines is 1. The molecule has 3 aromatic carbocycles. The minimum atomic E-state index is -3.74. The second-order valence-corrected chi connectivity index (χ2v) is 10.7. The Hall–Kier alpha value is -3.95. The van der Waals surface area contributed by atoms with Crippen molar-refractivity contribution in [2.45, 2.75) is 18.2 Å². The van der Waals surface area contributed by atoms with Gasteiger partial charge in [-0.05, 0) is 73.5 Å². The van der Waals surface area contributed by atoms with E-state index in [1.54, 1.807) is 61.5 Å². The minimum absolute atomic E-state index is 0.158. The van der Waals surface area contributed by atoms with Crippen LogP contribution in [0.1, 0.15) is 21.6 Å². The van der Waals surface area contributed by atoms with E-state index in [9.17, 15) is 18.0 Å². The van der Waals surface area contributed by atoms with Gasteiger partial charge < -0.3 is 10.3 Å². The van der Waals surface area contributed by atoms with E-state index >= 15 is 0 Å². The summed E-state index contributed by atoms with van der Waals surface area (Å²) < 4.78 is 27.6.